The van der Waals surface area contributed by atoms with Crippen molar-refractivity contribution >= 4 is 17.6 Å². The number of hydrogen-bond donors (Lipinski definition) is 2. The summed E-state index contributed by atoms with van der Waals surface area (Å²) in [6.45, 7) is 6.68. The second-order valence-corrected chi connectivity index (χ2v) is 10.0. The number of benzene rings is 2. The standard InChI is InChI=1S/C30H35N3O5/c1-18(2)27(32-22-11-8-20(9-12-22)30(36)33(4)16-14-26(34)35)28-19(3)24-17-21(10-13-25(24)38-28)23-7-6-15-31-29(23)37-5/h6-13,15,17-19,27-28,32H,14,16H2,1-5H3,(H,34,35). The van der Waals surface area contributed by atoms with Crippen molar-refractivity contribution in [3.63, 3.8) is 0 Å². The molecule has 0 saturated carbocycles. The molecule has 38 heavy (non-hydrogen) atoms. The Morgan fingerprint density at radius 2 is 1.89 bits per heavy atom. The average molecular weight is 518 g/mol. The third-order valence-electron chi connectivity index (χ3n) is 7.08. The van der Waals surface area contributed by atoms with Crippen LogP contribution in [0.4, 0.5) is 5.69 Å². The van der Waals surface area contributed by atoms with Gasteiger partial charge in [0, 0.05) is 48.1 Å². The second kappa shape index (κ2) is 11.5. The van der Waals surface area contributed by atoms with Gasteiger partial charge in [-0.3, -0.25) is 9.59 Å². The van der Waals surface area contributed by atoms with E-state index in [1.165, 1.54) is 4.90 Å². The lowest BCUT2D eigenvalue weighted by atomic mass is 9.87. The molecule has 2 aromatic carbocycles. The molecule has 8 heteroatoms. The van der Waals surface area contributed by atoms with Gasteiger partial charge in [-0.2, -0.15) is 0 Å². The molecule has 1 aliphatic rings. The zero-order chi connectivity index (χ0) is 27.4. The molecule has 3 aromatic rings. The van der Waals surface area contributed by atoms with Gasteiger partial charge < -0.3 is 24.8 Å². The van der Waals surface area contributed by atoms with E-state index >= 15 is 0 Å². The highest BCUT2D eigenvalue weighted by atomic mass is 16.5. The Morgan fingerprint density at radius 1 is 1.16 bits per heavy atom. The van der Waals surface area contributed by atoms with Crippen LogP contribution in [0.3, 0.4) is 0 Å². The molecule has 2 N–H and O–H groups in total. The SMILES string of the molecule is COc1ncccc1-c1ccc2c(c1)C(C)C(C(Nc1ccc(C(=O)N(C)CCC(=O)O)cc1)C(C)C)O2. The molecule has 1 aliphatic heterocycles. The quantitative estimate of drug-likeness (QED) is 0.376. The molecular weight excluding hydrogens is 482 g/mol. The molecule has 2 heterocycles. The van der Waals surface area contributed by atoms with E-state index in [0.29, 0.717) is 11.4 Å². The Morgan fingerprint density at radius 3 is 2.55 bits per heavy atom. The fourth-order valence-corrected chi connectivity index (χ4v) is 4.88. The number of nitrogens with zero attached hydrogens (tertiary/aromatic N) is 2. The van der Waals surface area contributed by atoms with Crippen LogP contribution >= 0.6 is 0 Å². The van der Waals surface area contributed by atoms with Crippen molar-refractivity contribution in [1.29, 1.82) is 0 Å². The molecule has 1 aromatic heterocycles. The maximum absolute atomic E-state index is 12.6. The molecule has 0 saturated heterocycles. The van der Waals surface area contributed by atoms with Gasteiger partial charge in [-0.25, -0.2) is 4.98 Å². The number of carbonyl (C=O) groups is 2. The van der Waals surface area contributed by atoms with Crippen molar-refractivity contribution in [2.45, 2.75) is 45.3 Å². The summed E-state index contributed by atoms with van der Waals surface area (Å²) < 4.78 is 11.9. The van der Waals surface area contributed by atoms with E-state index in [-0.39, 0.29) is 42.9 Å². The number of pyridine rings is 1. The Labute approximate surface area is 223 Å². The van der Waals surface area contributed by atoms with E-state index in [1.54, 1.807) is 32.5 Å². The molecular formula is C30H35N3O5. The molecule has 1 amide bonds. The largest absolute Gasteiger partial charge is 0.487 e. The van der Waals surface area contributed by atoms with Crippen LogP contribution in [0, 0.1) is 5.92 Å². The lowest BCUT2D eigenvalue weighted by molar-refractivity contribution is -0.137. The van der Waals surface area contributed by atoms with E-state index in [1.807, 2.05) is 36.4 Å². The number of amides is 1. The van der Waals surface area contributed by atoms with Gasteiger partial charge in [0.15, 0.2) is 0 Å². The summed E-state index contributed by atoms with van der Waals surface area (Å²) in [5.41, 5.74) is 4.53. The monoisotopic (exact) mass is 517 g/mol. The number of carboxylic acids is 1. The van der Waals surface area contributed by atoms with Gasteiger partial charge in [-0.15, -0.1) is 0 Å². The van der Waals surface area contributed by atoms with Crippen molar-refractivity contribution < 1.29 is 24.2 Å². The number of hydrogen-bond acceptors (Lipinski definition) is 6. The fourth-order valence-electron chi connectivity index (χ4n) is 4.88. The summed E-state index contributed by atoms with van der Waals surface area (Å²) in [6, 6.07) is 17.4. The first kappa shape index (κ1) is 27.0. The minimum atomic E-state index is -0.928. The summed E-state index contributed by atoms with van der Waals surface area (Å²) in [7, 11) is 3.23. The van der Waals surface area contributed by atoms with Gasteiger partial charge in [0.25, 0.3) is 5.91 Å². The van der Waals surface area contributed by atoms with E-state index in [2.05, 4.69) is 37.1 Å². The molecule has 3 unspecified atom stereocenters. The zero-order valence-electron chi connectivity index (χ0n) is 22.5. The van der Waals surface area contributed by atoms with Gasteiger partial charge >= 0.3 is 5.97 Å². The predicted octanol–water partition coefficient (Wildman–Crippen LogP) is 5.31. The van der Waals surface area contributed by atoms with Gasteiger partial charge in [0.1, 0.15) is 11.9 Å². The number of ether oxygens (including phenoxy) is 2. The lowest BCUT2D eigenvalue weighted by Gasteiger charge is -2.31. The summed E-state index contributed by atoms with van der Waals surface area (Å²) >= 11 is 0. The second-order valence-electron chi connectivity index (χ2n) is 10.0. The zero-order valence-corrected chi connectivity index (χ0v) is 22.5. The van der Waals surface area contributed by atoms with E-state index in [0.717, 1.165) is 28.1 Å². The van der Waals surface area contributed by atoms with Crippen LogP contribution in [0.15, 0.2) is 60.8 Å². The van der Waals surface area contributed by atoms with Crippen LogP contribution in [-0.2, 0) is 4.79 Å². The fraction of sp³-hybridized carbons (Fsp3) is 0.367. The minimum Gasteiger partial charge on any atom is -0.487 e. The smallest absolute Gasteiger partial charge is 0.305 e. The van der Waals surface area contributed by atoms with Crippen molar-refractivity contribution in [1.82, 2.24) is 9.88 Å². The van der Waals surface area contributed by atoms with Crippen molar-refractivity contribution in [3.8, 4) is 22.8 Å². The Bertz CT molecular complexity index is 1290. The molecule has 3 atom stereocenters. The molecule has 0 bridgehead atoms. The first-order chi connectivity index (χ1) is 18.2. The number of aromatic nitrogens is 1. The topological polar surface area (TPSA) is 101 Å². The van der Waals surface area contributed by atoms with Gasteiger partial charge in [0.05, 0.1) is 19.6 Å². The molecule has 0 aliphatic carbocycles. The molecule has 200 valence electrons. The Hall–Kier alpha value is -4.07. The van der Waals surface area contributed by atoms with Crippen LogP contribution in [0.1, 0.15) is 49.0 Å². The third-order valence-corrected chi connectivity index (χ3v) is 7.08. The highest BCUT2D eigenvalue weighted by Crippen LogP contribution is 2.43. The van der Waals surface area contributed by atoms with Crippen molar-refractivity contribution in [3.05, 3.63) is 71.9 Å². The summed E-state index contributed by atoms with van der Waals surface area (Å²) in [6.07, 6.45) is 1.55. The predicted molar refractivity (Wildman–Crippen MR) is 147 cm³/mol. The number of nitrogens with one attached hydrogen (secondary N) is 1. The summed E-state index contributed by atoms with van der Waals surface area (Å²) in [5.74, 6) is 0.762. The maximum Gasteiger partial charge on any atom is 0.305 e. The van der Waals surface area contributed by atoms with Gasteiger partial charge in [-0.05, 0) is 60.0 Å². The number of carbonyl (C=O) groups excluding carboxylic acids is 1. The Balaban J connectivity index is 1.49. The van der Waals surface area contributed by atoms with Gasteiger partial charge in [0.2, 0.25) is 5.88 Å². The molecule has 4 rings (SSSR count). The molecule has 0 fully saturated rings. The lowest BCUT2D eigenvalue weighted by Crippen LogP contribution is -2.42. The number of fused-ring (bicyclic) bond motifs is 1. The normalized spacial score (nSPS) is 16.9. The van der Waals surface area contributed by atoms with Crippen LogP contribution in [0.25, 0.3) is 11.1 Å². The molecule has 0 spiro atoms. The average Bonchev–Trinajstić information content (AvgIpc) is 3.25. The van der Waals surface area contributed by atoms with E-state index in [4.69, 9.17) is 14.6 Å². The molecule has 8 nitrogen and oxygen atoms in total. The number of anilines is 1. The molecule has 0 radical (unpaired) electrons. The highest BCUT2D eigenvalue weighted by molar-refractivity contribution is 5.94. The van der Waals surface area contributed by atoms with Crippen LogP contribution in [-0.4, -0.2) is 59.7 Å². The van der Waals surface area contributed by atoms with E-state index in [9.17, 15) is 9.59 Å². The number of aliphatic carboxylic acids is 1. The minimum absolute atomic E-state index is 0.0218. The summed E-state index contributed by atoms with van der Waals surface area (Å²) in [5, 5.41) is 12.5. The third kappa shape index (κ3) is 5.74. The van der Waals surface area contributed by atoms with E-state index < -0.39 is 5.97 Å². The van der Waals surface area contributed by atoms with Crippen LogP contribution in [0.2, 0.25) is 0 Å². The van der Waals surface area contributed by atoms with Crippen LogP contribution < -0.4 is 14.8 Å². The van der Waals surface area contributed by atoms with Crippen LogP contribution in [0.5, 0.6) is 11.6 Å². The first-order valence-electron chi connectivity index (χ1n) is 12.8. The number of rotatable bonds is 10. The first-order valence-corrected chi connectivity index (χ1v) is 12.8. The van der Waals surface area contributed by atoms with Crippen molar-refractivity contribution in [2.75, 3.05) is 26.0 Å². The van der Waals surface area contributed by atoms with Gasteiger partial charge in [-0.1, -0.05) is 26.8 Å². The van der Waals surface area contributed by atoms with Crippen molar-refractivity contribution in [2.24, 2.45) is 5.92 Å². The highest BCUT2D eigenvalue weighted by Gasteiger charge is 2.38. The maximum atomic E-state index is 12.6. The number of carboxylic acid groups (broad SMARTS) is 1. The Kier molecular flexibility index (Phi) is 8.20. The summed E-state index contributed by atoms with van der Waals surface area (Å²) in [4.78, 5) is 29.2. The number of methoxy groups -OCH3 is 1.